The van der Waals surface area contributed by atoms with E-state index in [4.69, 9.17) is 0 Å². The maximum absolute atomic E-state index is 12.3. The summed E-state index contributed by atoms with van der Waals surface area (Å²) in [6.07, 6.45) is 0.483. The number of urea groups is 1. The minimum atomic E-state index is -0.238. The fraction of sp³-hybridized carbons (Fsp3) is 0.238. The van der Waals surface area contributed by atoms with Gasteiger partial charge in [-0.2, -0.15) is 0 Å². The first-order valence-corrected chi connectivity index (χ1v) is 8.72. The van der Waals surface area contributed by atoms with Gasteiger partial charge in [-0.1, -0.05) is 42.5 Å². The molecule has 0 bridgehead atoms. The second kappa shape index (κ2) is 7.87. The first-order chi connectivity index (χ1) is 12.5. The lowest BCUT2D eigenvalue weighted by molar-refractivity contribution is 0.240. The molecular weight excluding hydrogens is 326 g/mol. The van der Waals surface area contributed by atoms with E-state index in [1.165, 1.54) is 0 Å². The van der Waals surface area contributed by atoms with Crippen molar-refractivity contribution in [2.24, 2.45) is 0 Å². The fourth-order valence-electron chi connectivity index (χ4n) is 2.91. The summed E-state index contributed by atoms with van der Waals surface area (Å²) >= 11 is 0. The summed E-state index contributed by atoms with van der Waals surface area (Å²) in [5, 5.41) is 6.61. The van der Waals surface area contributed by atoms with Crippen LogP contribution in [-0.4, -0.2) is 17.6 Å². The second-order valence-electron chi connectivity index (χ2n) is 6.44. The maximum atomic E-state index is 12.3. The monoisotopic (exact) mass is 349 g/mol. The van der Waals surface area contributed by atoms with Crippen LogP contribution in [0.15, 0.2) is 53.3 Å². The van der Waals surface area contributed by atoms with Crippen LogP contribution in [0.1, 0.15) is 22.3 Å². The summed E-state index contributed by atoms with van der Waals surface area (Å²) in [6.45, 7) is 4.91. The van der Waals surface area contributed by atoms with Crippen molar-refractivity contribution in [1.29, 1.82) is 0 Å². The van der Waals surface area contributed by atoms with E-state index in [0.717, 1.165) is 27.6 Å². The van der Waals surface area contributed by atoms with Crippen LogP contribution in [0.3, 0.4) is 0 Å². The number of carbonyl (C=O) groups excluding carboxylic acids is 1. The van der Waals surface area contributed by atoms with E-state index in [1.807, 2.05) is 56.3 Å². The van der Waals surface area contributed by atoms with Gasteiger partial charge in [0.1, 0.15) is 0 Å². The summed E-state index contributed by atoms with van der Waals surface area (Å²) in [5.41, 5.74) is 4.73. The number of amides is 2. The van der Waals surface area contributed by atoms with Crippen LogP contribution < -0.4 is 16.2 Å². The molecule has 0 saturated carbocycles. The summed E-state index contributed by atoms with van der Waals surface area (Å²) in [7, 11) is 0. The van der Waals surface area contributed by atoms with Crippen molar-refractivity contribution in [1.82, 2.24) is 15.6 Å². The van der Waals surface area contributed by atoms with Gasteiger partial charge >= 0.3 is 6.03 Å². The highest BCUT2D eigenvalue weighted by Crippen LogP contribution is 2.18. The molecule has 0 radical (unpaired) electrons. The number of rotatable bonds is 5. The first-order valence-electron chi connectivity index (χ1n) is 8.72. The molecule has 3 N–H and O–H groups in total. The van der Waals surface area contributed by atoms with Gasteiger partial charge in [-0.3, -0.25) is 4.79 Å². The zero-order valence-electron chi connectivity index (χ0n) is 15.1. The number of benzene rings is 2. The zero-order chi connectivity index (χ0) is 18.5. The van der Waals surface area contributed by atoms with E-state index >= 15 is 0 Å². The Hall–Kier alpha value is -3.08. The largest absolute Gasteiger partial charge is 0.338 e. The third kappa shape index (κ3) is 4.11. The van der Waals surface area contributed by atoms with Crippen molar-refractivity contribution < 1.29 is 4.79 Å². The molecule has 1 heterocycles. The molecule has 0 fully saturated rings. The van der Waals surface area contributed by atoms with Crippen LogP contribution in [0.25, 0.3) is 10.9 Å². The number of fused-ring (bicyclic) bond motifs is 1. The molecule has 3 rings (SSSR count). The van der Waals surface area contributed by atoms with Crippen LogP contribution >= 0.6 is 0 Å². The molecule has 0 aliphatic heterocycles. The van der Waals surface area contributed by atoms with Gasteiger partial charge in [-0.25, -0.2) is 4.79 Å². The minimum absolute atomic E-state index is 0.0994. The summed E-state index contributed by atoms with van der Waals surface area (Å²) in [6, 6.07) is 15.5. The van der Waals surface area contributed by atoms with E-state index < -0.39 is 0 Å². The Labute approximate surface area is 152 Å². The van der Waals surface area contributed by atoms with E-state index in [9.17, 15) is 9.59 Å². The SMILES string of the molecule is Cc1ccc2cc(CCNC(=O)NCc3ccccc3)c(=O)[nH]c2c1C. The van der Waals surface area contributed by atoms with Crippen molar-refractivity contribution >= 4 is 16.9 Å². The summed E-state index contributed by atoms with van der Waals surface area (Å²) < 4.78 is 0. The standard InChI is InChI=1S/C21H23N3O2/c1-14-8-9-17-12-18(20(25)24-19(17)15(14)2)10-11-22-21(26)23-13-16-6-4-3-5-7-16/h3-9,12H,10-11,13H2,1-2H3,(H,24,25)(H2,22,23,26). The van der Waals surface area contributed by atoms with Gasteiger partial charge in [0.15, 0.2) is 0 Å². The Bertz CT molecular complexity index is 978. The molecule has 0 aliphatic carbocycles. The Morgan fingerprint density at radius 3 is 2.58 bits per heavy atom. The predicted molar refractivity (Wildman–Crippen MR) is 104 cm³/mol. The molecule has 5 heteroatoms. The van der Waals surface area contributed by atoms with Gasteiger partial charge in [0, 0.05) is 18.7 Å². The highest BCUT2D eigenvalue weighted by Gasteiger charge is 2.07. The second-order valence-corrected chi connectivity index (χ2v) is 6.44. The number of H-pyrrole nitrogens is 1. The Kier molecular flexibility index (Phi) is 5.37. The maximum Gasteiger partial charge on any atom is 0.315 e. The summed E-state index contributed by atoms with van der Waals surface area (Å²) in [4.78, 5) is 27.1. The molecule has 1 aromatic heterocycles. The van der Waals surface area contributed by atoms with E-state index in [1.54, 1.807) is 0 Å². The third-order valence-corrected chi connectivity index (χ3v) is 4.60. The van der Waals surface area contributed by atoms with Gasteiger partial charge in [-0.15, -0.1) is 0 Å². The Morgan fingerprint density at radius 1 is 1.04 bits per heavy atom. The Morgan fingerprint density at radius 2 is 1.81 bits per heavy atom. The van der Waals surface area contributed by atoms with Gasteiger partial charge in [-0.05, 0) is 48.4 Å². The topological polar surface area (TPSA) is 74.0 Å². The number of hydrogen-bond donors (Lipinski definition) is 3. The number of aromatic amines is 1. The number of carbonyl (C=O) groups is 1. The summed E-state index contributed by atoms with van der Waals surface area (Å²) in [5.74, 6) is 0. The number of aryl methyl sites for hydroxylation is 2. The first kappa shape index (κ1) is 17.7. The highest BCUT2D eigenvalue weighted by molar-refractivity contribution is 5.83. The van der Waals surface area contributed by atoms with Crippen LogP contribution in [0, 0.1) is 13.8 Å². The van der Waals surface area contributed by atoms with Crippen LogP contribution in [0.5, 0.6) is 0 Å². The predicted octanol–water partition coefficient (Wildman–Crippen LogP) is 3.19. The van der Waals surface area contributed by atoms with Gasteiger partial charge in [0.2, 0.25) is 0 Å². The molecule has 0 atom stereocenters. The lowest BCUT2D eigenvalue weighted by Crippen LogP contribution is -2.36. The average Bonchev–Trinajstić information content (AvgIpc) is 2.65. The van der Waals surface area contributed by atoms with Gasteiger partial charge in [0.25, 0.3) is 5.56 Å². The lowest BCUT2D eigenvalue weighted by Gasteiger charge is -2.09. The minimum Gasteiger partial charge on any atom is -0.338 e. The van der Waals surface area contributed by atoms with Gasteiger partial charge < -0.3 is 15.6 Å². The zero-order valence-corrected chi connectivity index (χ0v) is 15.1. The van der Waals surface area contributed by atoms with Gasteiger partial charge in [0.05, 0.1) is 5.52 Å². The van der Waals surface area contributed by atoms with Crippen molar-refractivity contribution in [3.63, 3.8) is 0 Å². The van der Waals surface area contributed by atoms with Crippen molar-refractivity contribution in [2.75, 3.05) is 6.54 Å². The van der Waals surface area contributed by atoms with Crippen molar-refractivity contribution in [3.8, 4) is 0 Å². The van der Waals surface area contributed by atoms with Crippen molar-refractivity contribution in [2.45, 2.75) is 26.8 Å². The van der Waals surface area contributed by atoms with Crippen LogP contribution in [0.2, 0.25) is 0 Å². The fourth-order valence-corrected chi connectivity index (χ4v) is 2.91. The number of nitrogens with one attached hydrogen (secondary N) is 3. The normalized spacial score (nSPS) is 10.7. The molecule has 2 aromatic carbocycles. The molecule has 26 heavy (non-hydrogen) atoms. The molecule has 2 amide bonds. The van der Waals surface area contributed by atoms with Crippen LogP contribution in [0.4, 0.5) is 4.79 Å². The number of pyridine rings is 1. The molecule has 5 nitrogen and oxygen atoms in total. The van der Waals surface area contributed by atoms with E-state index in [2.05, 4.69) is 21.7 Å². The number of aromatic nitrogens is 1. The molecule has 3 aromatic rings. The molecule has 0 aliphatic rings. The van der Waals surface area contributed by atoms with Crippen molar-refractivity contribution in [3.05, 3.63) is 81.1 Å². The highest BCUT2D eigenvalue weighted by atomic mass is 16.2. The molecule has 0 saturated heterocycles. The average molecular weight is 349 g/mol. The lowest BCUT2D eigenvalue weighted by atomic mass is 10.0. The molecule has 134 valence electrons. The van der Waals surface area contributed by atoms with E-state index in [0.29, 0.717) is 25.1 Å². The van der Waals surface area contributed by atoms with Crippen LogP contribution in [-0.2, 0) is 13.0 Å². The smallest absolute Gasteiger partial charge is 0.315 e. The third-order valence-electron chi connectivity index (χ3n) is 4.60. The molecular formula is C21H23N3O2. The number of hydrogen-bond acceptors (Lipinski definition) is 2. The Balaban J connectivity index is 1.58. The molecule has 0 unspecified atom stereocenters. The quantitative estimate of drug-likeness (QED) is 0.662. The molecule has 0 spiro atoms. The van der Waals surface area contributed by atoms with E-state index in [-0.39, 0.29) is 11.6 Å².